The molecule has 2 aromatic heterocycles. The summed E-state index contributed by atoms with van der Waals surface area (Å²) in [6.07, 6.45) is 24.9. The second-order valence-corrected chi connectivity index (χ2v) is 40.9. The molecule has 10 fully saturated rings. The molecule has 2 aromatic rings. The lowest BCUT2D eigenvalue weighted by Gasteiger charge is -2.71. The molecule has 6 saturated carbocycles. The third-order valence-electron chi connectivity index (χ3n) is 34.0. The highest BCUT2D eigenvalue weighted by Crippen LogP contribution is 2.78. The van der Waals surface area contributed by atoms with Crippen LogP contribution in [0, 0.1) is 125 Å². The second kappa shape index (κ2) is 28.2. The predicted molar refractivity (Wildman–Crippen MR) is 411 cm³/mol. The van der Waals surface area contributed by atoms with E-state index in [0.717, 1.165) is 96.1 Å². The number of aliphatic carboxylic acids is 2. The Bertz CT molecular complexity index is 3440. The first-order chi connectivity index (χ1) is 48.2. The highest BCUT2D eigenvalue weighted by Gasteiger charge is 2.75. The van der Waals surface area contributed by atoms with Gasteiger partial charge in [0.25, 0.3) is 0 Å². The van der Waals surface area contributed by atoms with Crippen molar-refractivity contribution in [3.05, 3.63) is 40.7 Å². The summed E-state index contributed by atoms with van der Waals surface area (Å²) in [6, 6.07) is -0.0701. The fraction of sp³-hybridized carbons (Fsp3) is 0.881. The first kappa shape index (κ1) is 79.3. The van der Waals surface area contributed by atoms with Crippen molar-refractivity contribution in [2.24, 2.45) is 137 Å². The van der Waals surface area contributed by atoms with Crippen LogP contribution >= 0.6 is 15.9 Å². The second-order valence-electron chi connectivity index (χ2n) is 40.1. The number of anilines is 1. The van der Waals surface area contributed by atoms with Gasteiger partial charge in [0, 0.05) is 45.8 Å². The maximum atomic E-state index is 13.5. The van der Waals surface area contributed by atoms with E-state index in [-0.39, 0.29) is 90.3 Å². The first-order valence-corrected chi connectivity index (χ1v) is 41.7. The molecule has 8 aliphatic carbocycles. The van der Waals surface area contributed by atoms with E-state index >= 15 is 0 Å². The molecule has 103 heavy (non-hydrogen) atoms. The van der Waals surface area contributed by atoms with Crippen LogP contribution in [0.5, 0.6) is 0 Å². The van der Waals surface area contributed by atoms with Crippen LogP contribution in [-0.2, 0) is 28.5 Å². The topological polar surface area (TPSA) is 240 Å². The molecular weight excluding hydrogens is 1360 g/mol. The summed E-state index contributed by atoms with van der Waals surface area (Å²) >= 11 is 3.72. The Kier molecular flexibility index (Phi) is 21.7. The molecule has 0 radical (unpaired) electrons. The number of nitrogens with two attached hydrogens (primary N) is 2. The molecule has 7 N–H and O–H groups in total. The van der Waals surface area contributed by atoms with Crippen molar-refractivity contribution < 1.29 is 38.7 Å². The number of rotatable bonds is 17. The Morgan fingerprint density at radius 1 is 0.592 bits per heavy atom. The van der Waals surface area contributed by atoms with E-state index in [9.17, 15) is 19.8 Å². The van der Waals surface area contributed by atoms with Gasteiger partial charge < -0.3 is 50.8 Å². The van der Waals surface area contributed by atoms with Crippen LogP contribution in [0.2, 0.25) is 0 Å². The zero-order chi connectivity index (χ0) is 75.0. The molecule has 14 rings (SSSR count). The molecule has 24 atom stereocenters. The molecule has 19 heteroatoms. The molecule has 12 aliphatic rings. The Hall–Kier alpha value is -3.30. The van der Waals surface area contributed by atoms with Gasteiger partial charge in [0.2, 0.25) is 5.95 Å². The highest BCUT2D eigenvalue weighted by atomic mass is 79.9. The number of aromatic nitrogens is 6. The van der Waals surface area contributed by atoms with Crippen molar-refractivity contribution in [3.8, 4) is 0 Å². The SMILES string of the molecule is C1CCNC1.CC(C)[C@@H](C)[C@@]1(C)CC[C@]2(C)[C@H]3CC[C@@H]4[C@@]5(COC[C@@]4(C)[C@@H](OC[C@](C)(N)C(C)C)[C@H](n4ncnc4Br)C5)C3=CC[C@@]2(C)[C@@H]1C(=O)O.CC(C)[C@@H](C)[C@@]1(C)CC[C@]2(C)[C@H]3CC[C@@H]4[C@@]5(COC[C@@]4(C)[C@@H](OC[C@](C)(N)C(C)C)[C@H](n4ncnc4N4CCCC4)C5)C3=CC[C@@]2(C)[C@@H]1C(=O)O. The van der Waals surface area contributed by atoms with Crippen molar-refractivity contribution in [2.75, 3.05) is 70.7 Å². The van der Waals surface area contributed by atoms with Gasteiger partial charge in [0.05, 0.1) is 75.8 Å². The minimum atomic E-state index is -0.618. The van der Waals surface area contributed by atoms with Crippen molar-refractivity contribution in [1.82, 2.24) is 34.8 Å². The van der Waals surface area contributed by atoms with Crippen LogP contribution < -0.4 is 21.7 Å². The Morgan fingerprint density at radius 3 is 1.37 bits per heavy atom. The largest absolute Gasteiger partial charge is 0.481 e. The van der Waals surface area contributed by atoms with E-state index in [0.29, 0.717) is 91.7 Å². The molecule has 0 amide bonds. The van der Waals surface area contributed by atoms with Crippen LogP contribution in [0.3, 0.4) is 0 Å². The molecule has 6 heterocycles. The normalized spacial score (nSPS) is 43.5. The lowest BCUT2D eigenvalue weighted by Crippen LogP contribution is -2.69. The number of nitrogens with one attached hydrogen (secondary N) is 1. The maximum Gasteiger partial charge on any atom is 0.307 e. The number of ether oxygens (including phenoxy) is 4. The summed E-state index contributed by atoms with van der Waals surface area (Å²) in [5.41, 5.74) is 13.5. The van der Waals surface area contributed by atoms with E-state index < -0.39 is 34.9 Å². The van der Waals surface area contributed by atoms with E-state index in [4.69, 9.17) is 45.6 Å². The summed E-state index contributed by atoms with van der Waals surface area (Å²) in [4.78, 5) is 38.8. The van der Waals surface area contributed by atoms with Gasteiger partial charge in [-0.3, -0.25) is 9.59 Å². The van der Waals surface area contributed by atoms with Crippen LogP contribution in [0.1, 0.15) is 253 Å². The quantitative estimate of drug-likeness (QED) is 0.0925. The minimum Gasteiger partial charge on any atom is -0.481 e. The molecule has 0 unspecified atom stereocenters. The fourth-order valence-electron chi connectivity index (χ4n) is 25.8. The summed E-state index contributed by atoms with van der Waals surface area (Å²) in [6.45, 7) is 53.6. The Labute approximate surface area is 628 Å². The van der Waals surface area contributed by atoms with E-state index in [1.807, 2.05) is 4.68 Å². The molecule has 4 saturated heterocycles. The number of carboxylic acids is 2. The third-order valence-corrected chi connectivity index (χ3v) is 34.6. The number of hydrogen-bond donors (Lipinski definition) is 5. The molecule has 4 aliphatic heterocycles. The number of carbonyl (C=O) groups is 2. The van der Waals surface area contributed by atoms with Crippen molar-refractivity contribution in [1.29, 1.82) is 0 Å². The number of hydrogen-bond acceptors (Lipinski definition) is 14. The summed E-state index contributed by atoms with van der Waals surface area (Å²) < 4.78 is 32.6. The zero-order valence-electron chi connectivity index (χ0n) is 67.4. The van der Waals surface area contributed by atoms with Gasteiger partial charge in [0.1, 0.15) is 12.7 Å². The van der Waals surface area contributed by atoms with Crippen LogP contribution in [-0.4, -0.2) is 141 Å². The third kappa shape index (κ3) is 12.4. The molecule has 580 valence electrons. The number of halogens is 1. The van der Waals surface area contributed by atoms with Gasteiger partial charge in [-0.25, -0.2) is 14.3 Å². The van der Waals surface area contributed by atoms with Gasteiger partial charge in [0.15, 0.2) is 4.73 Å². The molecular formula is C84H139BrN10O8. The zero-order valence-corrected chi connectivity index (χ0v) is 69.0. The highest BCUT2D eigenvalue weighted by molar-refractivity contribution is 9.10. The monoisotopic (exact) mass is 1490 g/mol. The van der Waals surface area contributed by atoms with Crippen molar-refractivity contribution >= 4 is 33.8 Å². The molecule has 18 nitrogen and oxygen atoms in total. The lowest BCUT2D eigenvalue weighted by molar-refractivity contribution is -0.253. The number of nitrogens with zero attached hydrogens (tertiary/aromatic N) is 7. The number of allylic oxidation sites excluding steroid dienone is 2. The Balaban J connectivity index is 0.000000182. The van der Waals surface area contributed by atoms with E-state index in [1.54, 1.807) is 18.2 Å². The smallest absolute Gasteiger partial charge is 0.307 e. The fourth-order valence-corrected chi connectivity index (χ4v) is 26.3. The molecule has 0 spiro atoms. The summed E-state index contributed by atoms with van der Waals surface area (Å²) in [5.74, 6) is 2.39. The van der Waals surface area contributed by atoms with Gasteiger partial charge in [-0.05, 0) is 237 Å². The molecule has 4 bridgehead atoms. The number of fused-ring (bicyclic) bond motifs is 6. The van der Waals surface area contributed by atoms with Crippen LogP contribution in [0.4, 0.5) is 5.95 Å². The van der Waals surface area contributed by atoms with Crippen LogP contribution in [0.15, 0.2) is 40.7 Å². The maximum absolute atomic E-state index is 13.5. The predicted octanol–water partition coefficient (Wildman–Crippen LogP) is 16.1. The average molecular weight is 1500 g/mol. The van der Waals surface area contributed by atoms with Crippen LogP contribution in [0.25, 0.3) is 0 Å². The number of carboxylic acid groups (broad SMARTS) is 2. The van der Waals surface area contributed by atoms with Gasteiger partial charge in [-0.2, -0.15) is 15.2 Å². The first-order valence-electron chi connectivity index (χ1n) is 40.9. The average Bonchev–Trinajstić information content (AvgIpc) is 1.14. The summed E-state index contributed by atoms with van der Waals surface area (Å²) in [7, 11) is 0. The van der Waals surface area contributed by atoms with Crippen molar-refractivity contribution in [2.45, 2.75) is 277 Å². The molecule has 0 aromatic carbocycles. The Morgan fingerprint density at radius 2 is 1.00 bits per heavy atom. The lowest BCUT2D eigenvalue weighted by atomic mass is 9.34. The summed E-state index contributed by atoms with van der Waals surface area (Å²) in [5, 5.41) is 35.1. The van der Waals surface area contributed by atoms with E-state index in [2.05, 4.69) is 186 Å². The standard InChI is InChI=1S/C42H69N5O4.C38H61BrN4O4.C4H9N/c1-26(2)28(5)37(6)17-18-39(8)29-13-14-32-38(7)22-50-24-42(32,30(29)15-16-40(39,9)33(37)35(48)49)21-31(34(38)51-23-41(10,43)27(3)4)47-36(44-25-45-47)46-19-11-12-20-46;1-22(2)24(5)33(6)15-16-35(8)25-11-12-28-34(7)18-46-20-38(28,26(25)13-14-36(35,9)29(33)31(44)45)17-27(43-32(39)41-21-42-43)30(34)47-19-37(10,40)23(3)4;1-2-4-5-3-1/h15,25-29,31-34H,11-14,16-24,43H2,1-10H3,(H,48,49);13,21-25,27-30H,11-12,14-20,40H2,1-10H3,(H,44,45);5H,1-4H2/t28-,29+,31-,32+,33-,34+,37-,38-,39-,40+,41+,42+;24-,25+,27-,28+,29-,30+,33-,34-,35-,36+,37+,38+;/m11./s1. The minimum absolute atomic E-state index is 0.0229. The van der Waals surface area contributed by atoms with E-state index in [1.165, 1.54) is 44.3 Å². The van der Waals surface area contributed by atoms with Gasteiger partial charge in [-0.1, -0.05) is 148 Å². The van der Waals surface area contributed by atoms with Gasteiger partial charge in [-0.15, -0.1) is 0 Å². The van der Waals surface area contributed by atoms with Crippen molar-refractivity contribution in [3.63, 3.8) is 0 Å². The van der Waals surface area contributed by atoms with Gasteiger partial charge >= 0.3 is 11.9 Å².